The second kappa shape index (κ2) is 7.05. The van der Waals surface area contributed by atoms with Gasteiger partial charge in [0, 0.05) is 6.42 Å². The van der Waals surface area contributed by atoms with Gasteiger partial charge in [0.1, 0.15) is 0 Å². The monoisotopic (exact) mass is 227 g/mol. The number of ketones is 1. The Hall–Kier alpha value is -0.370. The fraction of sp³-hybridized carbons (Fsp3) is 0.929. The van der Waals surface area contributed by atoms with Crippen LogP contribution in [0.1, 0.15) is 60.8 Å². The Morgan fingerprint density at radius 2 is 1.69 bits per heavy atom. The molecule has 2 unspecified atom stereocenters. The molecule has 0 bridgehead atoms. The number of hydrogen-bond donors (Lipinski definition) is 0. The smallest absolute Gasteiger partial charge is 0.153 e. The van der Waals surface area contributed by atoms with Crippen LogP contribution in [0.5, 0.6) is 0 Å². The SMILES string of the molecule is CCC(C)CC(=O)C(C)(CC)N(CC)CC. The van der Waals surface area contributed by atoms with Crippen LogP contribution in [0.4, 0.5) is 0 Å². The van der Waals surface area contributed by atoms with Gasteiger partial charge in [0.2, 0.25) is 0 Å². The van der Waals surface area contributed by atoms with Gasteiger partial charge in [-0.05, 0) is 32.4 Å². The molecular formula is C14H29NO. The van der Waals surface area contributed by atoms with Crippen LogP contribution in [0.25, 0.3) is 0 Å². The quantitative estimate of drug-likeness (QED) is 0.632. The average molecular weight is 227 g/mol. The maximum atomic E-state index is 12.4. The molecule has 16 heavy (non-hydrogen) atoms. The molecule has 0 rings (SSSR count). The molecule has 0 radical (unpaired) electrons. The number of hydrogen-bond acceptors (Lipinski definition) is 2. The van der Waals surface area contributed by atoms with Crippen molar-refractivity contribution in [2.24, 2.45) is 5.92 Å². The molecule has 2 atom stereocenters. The molecule has 0 aromatic rings. The van der Waals surface area contributed by atoms with Crippen molar-refractivity contribution >= 4 is 5.78 Å². The first kappa shape index (κ1) is 15.6. The van der Waals surface area contributed by atoms with Crippen LogP contribution < -0.4 is 0 Å². The summed E-state index contributed by atoms with van der Waals surface area (Å²) in [5.74, 6) is 0.919. The third kappa shape index (κ3) is 3.58. The van der Waals surface area contributed by atoms with E-state index in [2.05, 4.69) is 46.4 Å². The van der Waals surface area contributed by atoms with E-state index in [9.17, 15) is 4.79 Å². The van der Waals surface area contributed by atoms with E-state index in [1.165, 1.54) is 0 Å². The lowest BCUT2D eigenvalue weighted by Crippen LogP contribution is -2.52. The molecule has 0 aliphatic heterocycles. The summed E-state index contributed by atoms with van der Waals surface area (Å²) in [6, 6.07) is 0. The first-order chi connectivity index (χ1) is 7.46. The van der Waals surface area contributed by atoms with Crippen LogP contribution in [0, 0.1) is 5.92 Å². The van der Waals surface area contributed by atoms with Crippen LogP contribution in [-0.4, -0.2) is 29.3 Å². The molecular weight excluding hydrogens is 198 g/mol. The normalized spacial score (nSPS) is 17.2. The summed E-state index contributed by atoms with van der Waals surface area (Å²) in [7, 11) is 0. The molecule has 2 heteroatoms. The van der Waals surface area contributed by atoms with Crippen molar-refractivity contribution < 1.29 is 4.79 Å². The summed E-state index contributed by atoms with van der Waals surface area (Å²) in [5, 5.41) is 0. The Bertz CT molecular complexity index is 211. The van der Waals surface area contributed by atoms with Crippen molar-refractivity contribution in [1.82, 2.24) is 4.90 Å². The van der Waals surface area contributed by atoms with Gasteiger partial charge in [0.05, 0.1) is 5.54 Å². The van der Waals surface area contributed by atoms with Crippen molar-refractivity contribution in [3.8, 4) is 0 Å². The lowest BCUT2D eigenvalue weighted by atomic mass is 9.85. The van der Waals surface area contributed by atoms with E-state index in [-0.39, 0.29) is 5.54 Å². The molecule has 0 aromatic carbocycles. The minimum Gasteiger partial charge on any atom is -0.298 e. The minimum absolute atomic E-state index is 0.257. The van der Waals surface area contributed by atoms with Crippen molar-refractivity contribution in [1.29, 1.82) is 0 Å². The average Bonchev–Trinajstić information content (AvgIpc) is 2.29. The fourth-order valence-corrected chi connectivity index (χ4v) is 2.20. The van der Waals surface area contributed by atoms with E-state index < -0.39 is 0 Å². The first-order valence-corrected chi connectivity index (χ1v) is 6.74. The molecule has 0 aliphatic carbocycles. The molecule has 0 amide bonds. The highest BCUT2D eigenvalue weighted by atomic mass is 16.1. The lowest BCUT2D eigenvalue weighted by molar-refractivity contribution is -0.131. The predicted octanol–water partition coefficient (Wildman–Crippen LogP) is 3.50. The third-order valence-electron chi connectivity index (χ3n) is 3.98. The highest BCUT2D eigenvalue weighted by Crippen LogP contribution is 2.24. The molecule has 96 valence electrons. The highest BCUT2D eigenvalue weighted by molar-refractivity contribution is 5.88. The Morgan fingerprint density at radius 3 is 2.00 bits per heavy atom. The predicted molar refractivity (Wildman–Crippen MR) is 70.7 cm³/mol. The van der Waals surface area contributed by atoms with Gasteiger partial charge in [-0.3, -0.25) is 9.69 Å². The molecule has 0 fully saturated rings. The fourth-order valence-electron chi connectivity index (χ4n) is 2.20. The largest absolute Gasteiger partial charge is 0.298 e. The molecule has 0 spiro atoms. The summed E-state index contributed by atoms with van der Waals surface area (Å²) in [6.07, 6.45) is 2.71. The number of likely N-dealkylation sites (N-methyl/N-ethyl adjacent to an activating group) is 1. The van der Waals surface area contributed by atoms with Crippen LogP contribution in [0.15, 0.2) is 0 Å². The zero-order valence-electron chi connectivity index (χ0n) is 12.0. The van der Waals surface area contributed by atoms with Crippen LogP contribution in [-0.2, 0) is 4.79 Å². The number of carbonyl (C=O) groups excluding carboxylic acids is 1. The molecule has 2 nitrogen and oxygen atoms in total. The van der Waals surface area contributed by atoms with Gasteiger partial charge >= 0.3 is 0 Å². The maximum Gasteiger partial charge on any atom is 0.153 e. The van der Waals surface area contributed by atoms with Crippen LogP contribution >= 0.6 is 0 Å². The van der Waals surface area contributed by atoms with Gasteiger partial charge in [0.25, 0.3) is 0 Å². The standard InChI is InChI=1S/C14H29NO/c1-7-12(5)11-13(16)14(6,8-2)15(9-3)10-4/h12H,7-11H2,1-6H3. The van der Waals surface area contributed by atoms with Crippen molar-refractivity contribution in [3.05, 3.63) is 0 Å². The van der Waals surface area contributed by atoms with E-state index in [1.54, 1.807) is 0 Å². The zero-order chi connectivity index (χ0) is 12.8. The van der Waals surface area contributed by atoms with E-state index in [4.69, 9.17) is 0 Å². The zero-order valence-corrected chi connectivity index (χ0v) is 12.0. The summed E-state index contributed by atoms with van der Waals surface area (Å²) in [5.41, 5.74) is -0.257. The van der Waals surface area contributed by atoms with Crippen LogP contribution in [0.3, 0.4) is 0 Å². The number of Topliss-reactive ketones (excluding diaryl/α,β-unsaturated/α-hetero) is 1. The second-order valence-corrected chi connectivity index (χ2v) is 4.94. The molecule has 0 aromatic heterocycles. The lowest BCUT2D eigenvalue weighted by Gasteiger charge is -2.39. The molecule has 0 saturated carbocycles. The second-order valence-electron chi connectivity index (χ2n) is 4.94. The molecule has 0 heterocycles. The maximum absolute atomic E-state index is 12.4. The Morgan fingerprint density at radius 1 is 1.19 bits per heavy atom. The third-order valence-corrected chi connectivity index (χ3v) is 3.98. The Labute approximate surface area is 101 Å². The van der Waals surface area contributed by atoms with Crippen molar-refractivity contribution in [3.63, 3.8) is 0 Å². The summed E-state index contributed by atoms with van der Waals surface area (Å²) >= 11 is 0. The van der Waals surface area contributed by atoms with E-state index in [1.807, 2.05) is 0 Å². The van der Waals surface area contributed by atoms with E-state index >= 15 is 0 Å². The molecule has 0 N–H and O–H groups in total. The minimum atomic E-state index is -0.257. The summed E-state index contributed by atoms with van der Waals surface area (Å²) < 4.78 is 0. The molecule has 0 saturated heterocycles. The van der Waals surface area contributed by atoms with E-state index in [0.29, 0.717) is 11.7 Å². The molecule has 0 aliphatic rings. The summed E-state index contributed by atoms with van der Waals surface area (Å²) in [4.78, 5) is 14.7. The van der Waals surface area contributed by atoms with Gasteiger partial charge in [-0.1, -0.05) is 41.0 Å². The van der Waals surface area contributed by atoms with E-state index in [0.717, 1.165) is 32.4 Å². The number of nitrogens with zero attached hydrogens (tertiary/aromatic N) is 1. The topological polar surface area (TPSA) is 20.3 Å². The number of rotatable bonds is 8. The van der Waals surface area contributed by atoms with Gasteiger partial charge in [-0.25, -0.2) is 0 Å². The Kier molecular flexibility index (Phi) is 6.89. The van der Waals surface area contributed by atoms with Gasteiger partial charge in [-0.15, -0.1) is 0 Å². The summed E-state index contributed by atoms with van der Waals surface area (Å²) in [6.45, 7) is 14.7. The highest BCUT2D eigenvalue weighted by Gasteiger charge is 2.35. The number of carbonyl (C=O) groups is 1. The van der Waals surface area contributed by atoms with Crippen LogP contribution in [0.2, 0.25) is 0 Å². The first-order valence-electron chi connectivity index (χ1n) is 6.74. The van der Waals surface area contributed by atoms with Crippen molar-refractivity contribution in [2.45, 2.75) is 66.3 Å². The van der Waals surface area contributed by atoms with Gasteiger partial charge < -0.3 is 0 Å². The van der Waals surface area contributed by atoms with Gasteiger partial charge in [0.15, 0.2) is 5.78 Å². The van der Waals surface area contributed by atoms with Crippen molar-refractivity contribution in [2.75, 3.05) is 13.1 Å². The van der Waals surface area contributed by atoms with Gasteiger partial charge in [-0.2, -0.15) is 0 Å². The Balaban J connectivity index is 4.73.